The summed E-state index contributed by atoms with van der Waals surface area (Å²) in [7, 11) is -4.25. The van der Waals surface area contributed by atoms with Crippen molar-refractivity contribution in [3.8, 4) is 5.75 Å². The largest absolute Gasteiger partial charge is 0.504 e. The van der Waals surface area contributed by atoms with E-state index < -0.39 is 26.7 Å². The number of H-pyrrole nitrogens is 1. The highest BCUT2D eigenvalue weighted by molar-refractivity contribution is 7.89. The molecule has 0 bridgehead atoms. The Balaban J connectivity index is 2.25. The quantitative estimate of drug-likeness (QED) is 0.532. The molecule has 0 aliphatic carbocycles. The van der Waals surface area contributed by atoms with Gasteiger partial charge in [0.25, 0.3) is 0 Å². The van der Waals surface area contributed by atoms with E-state index in [9.17, 15) is 18.3 Å². The van der Waals surface area contributed by atoms with Crippen LogP contribution in [0.1, 0.15) is 5.69 Å². The molecule has 1 aromatic carbocycles. The number of nitrogens with zero attached hydrogens (tertiary/aromatic N) is 1. The van der Waals surface area contributed by atoms with Gasteiger partial charge in [0.05, 0.1) is 10.7 Å². The fourth-order valence-electron chi connectivity index (χ4n) is 1.67. The number of amides is 2. The van der Waals surface area contributed by atoms with Crippen molar-refractivity contribution in [2.24, 2.45) is 5.14 Å². The van der Waals surface area contributed by atoms with Crippen molar-refractivity contribution in [3.63, 3.8) is 0 Å². The predicted octanol–water partition coefficient (Wildman–Crippen LogP) is 1.37. The fourth-order valence-corrected chi connectivity index (χ4v) is 2.86. The predicted molar refractivity (Wildman–Crippen MR) is 80.5 cm³/mol. The minimum atomic E-state index is -4.25. The maximum Gasteiger partial charge on any atom is 0.325 e. The average Bonchev–Trinajstić information content (AvgIpc) is 2.76. The number of sulfonamides is 1. The molecular weight excluding hydrogens is 334 g/mol. The van der Waals surface area contributed by atoms with E-state index in [-0.39, 0.29) is 16.5 Å². The highest BCUT2D eigenvalue weighted by Crippen LogP contribution is 2.36. The SMILES string of the molecule is Cc1cc(NC(=O)Nc2ccc(Cl)c(S(N)(=O)=O)c2O)n[nH]1. The average molecular weight is 346 g/mol. The van der Waals surface area contributed by atoms with Crippen LogP contribution < -0.4 is 15.8 Å². The van der Waals surface area contributed by atoms with Crippen molar-refractivity contribution < 1.29 is 18.3 Å². The van der Waals surface area contributed by atoms with E-state index >= 15 is 0 Å². The van der Waals surface area contributed by atoms with Crippen LogP contribution in [0.15, 0.2) is 23.1 Å². The van der Waals surface area contributed by atoms with Gasteiger partial charge in [0.2, 0.25) is 10.0 Å². The Morgan fingerprint density at radius 2 is 2.09 bits per heavy atom. The molecule has 0 atom stereocenters. The molecule has 0 unspecified atom stereocenters. The van der Waals surface area contributed by atoms with Gasteiger partial charge >= 0.3 is 6.03 Å². The van der Waals surface area contributed by atoms with Crippen molar-refractivity contribution in [1.82, 2.24) is 10.2 Å². The number of halogens is 1. The Morgan fingerprint density at radius 1 is 1.41 bits per heavy atom. The second-order valence-corrected chi connectivity index (χ2v) is 6.24. The lowest BCUT2D eigenvalue weighted by atomic mass is 10.3. The number of nitrogens with one attached hydrogen (secondary N) is 3. The molecule has 1 heterocycles. The van der Waals surface area contributed by atoms with Crippen LogP contribution in [0.25, 0.3) is 0 Å². The van der Waals surface area contributed by atoms with E-state index in [1.807, 2.05) is 0 Å². The molecule has 9 nitrogen and oxygen atoms in total. The third-order valence-corrected chi connectivity index (χ3v) is 3.97. The Morgan fingerprint density at radius 3 is 2.64 bits per heavy atom. The first-order valence-corrected chi connectivity index (χ1v) is 7.75. The van der Waals surface area contributed by atoms with Crippen molar-refractivity contribution in [2.45, 2.75) is 11.8 Å². The topological polar surface area (TPSA) is 150 Å². The highest BCUT2D eigenvalue weighted by atomic mass is 35.5. The number of rotatable bonds is 3. The van der Waals surface area contributed by atoms with E-state index in [1.165, 1.54) is 12.1 Å². The molecule has 0 fully saturated rings. The second-order valence-electron chi connectivity index (χ2n) is 4.33. The summed E-state index contributed by atoms with van der Waals surface area (Å²) in [6.45, 7) is 1.75. The van der Waals surface area contributed by atoms with Crippen LogP contribution in [0.5, 0.6) is 5.75 Å². The summed E-state index contributed by atoms with van der Waals surface area (Å²) in [4.78, 5) is 11.1. The molecule has 0 radical (unpaired) electrons. The summed E-state index contributed by atoms with van der Waals surface area (Å²) in [5.74, 6) is -0.488. The second kappa shape index (κ2) is 5.83. The summed E-state index contributed by atoms with van der Waals surface area (Å²) in [5.41, 5.74) is 0.569. The van der Waals surface area contributed by atoms with Crippen LogP contribution in [-0.4, -0.2) is 29.8 Å². The summed E-state index contributed by atoms with van der Waals surface area (Å²) in [6.07, 6.45) is 0. The third-order valence-electron chi connectivity index (χ3n) is 2.56. The van der Waals surface area contributed by atoms with Crippen LogP contribution in [0.2, 0.25) is 5.02 Å². The molecule has 11 heteroatoms. The van der Waals surface area contributed by atoms with Crippen molar-refractivity contribution in [2.75, 3.05) is 10.6 Å². The lowest BCUT2D eigenvalue weighted by molar-refractivity contribution is 0.262. The molecular formula is C11H12ClN5O4S. The maximum atomic E-state index is 11.8. The van der Waals surface area contributed by atoms with Gasteiger partial charge in [-0.05, 0) is 19.1 Å². The zero-order valence-corrected chi connectivity index (χ0v) is 12.8. The van der Waals surface area contributed by atoms with Gasteiger partial charge in [0.15, 0.2) is 11.6 Å². The van der Waals surface area contributed by atoms with Gasteiger partial charge in [-0.1, -0.05) is 11.6 Å². The molecule has 0 saturated carbocycles. The Kier molecular flexibility index (Phi) is 4.26. The van der Waals surface area contributed by atoms with Crippen LogP contribution in [0.4, 0.5) is 16.3 Å². The minimum Gasteiger partial charge on any atom is -0.504 e. The van der Waals surface area contributed by atoms with Gasteiger partial charge in [-0.15, -0.1) is 0 Å². The molecule has 1 aromatic heterocycles. The van der Waals surface area contributed by atoms with Gasteiger partial charge in [-0.25, -0.2) is 18.4 Å². The molecule has 22 heavy (non-hydrogen) atoms. The number of nitrogens with two attached hydrogens (primary N) is 1. The molecule has 2 amide bonds. The van der Waals surface area contributed by atoms with Crippen LogP contribution >= 0.6 is 11.6 Å². The fraction of sp³-hybridized carbons (Fsp3) is 0.0909. The first-order chi connectivity index (χ1) is 10.2. The number of aromatic nitrogens is 2. The summed E-state index contributed by atoms with van der Waals surface area (Å²) < 4.78 is 22.8. The first-order valence-electron chi connectivity index (χ1n) is 5.83. The normalized spacial score (nSPS) is 11.2. The Bertz CT molecular complexity index is 833. The van der Waals surface area contributed by atoms with Gasteiger partial charge in [0, 0.05) is 11.8 Å². The number of benzene rings is 1. The molecule has 2 rings (SSSR count). The number of aromatic hydroxyl groups is 1. The van der Waals surface area contributed by atoms with Crippen molar-refractivity contribution in [1.29, 1.82) is 0 Å². The lowest BCUT2D eigenvalue weighted by Crippen LogP contribution is -2.20. The number of anilines is 2. The number of carbonyl (C=O) groups is 1. The van der Waals surface area contributed by atoms with Crippen molar-refractivity contribution >= 4 is 39.2 Å². The third kappa shape index (κ3) is 3.47. The minimum absolute atomic E-state index is 0.168. The highest BCUT2D eigenvalue weighted by Gasteiger charge is 2.22. The molecule has 0 spiro atoms. The van der Waals surface area contributed by atoms with E-state index in [0.29, 0.717) is 0 Å². The van der Waals surface area contributed by atoms with Gasteiger partial charge < -0.3 is 10.4 Å². The van der Waals surface area contributed by atoms with Crippen LogP contribution in [-0.2, 0) is 10.0 Å². The van der Waals surface area contributed by atoms with E-state index in [4.69, 9.17) is 16.7 Å². The molecule has 0 aliphatic heterocycles. The number of hydrogen-bond donors (Lipinski definition) is 5. The number of aromatic amines is 1. The maximum absolute atomic E-state index is 11.8. The molecule has 6 N–H and O–H groups in total. The summed E-state index contributed by atoms with van der Waals surface area (Å²) >= 11 is 5.69. The Labute approximate surface area is 130 Å². The van der Waals surface area contributed by atoms with Crippen LogP contribution in [0.3, 0.4) is 0 Å². The Hall–Kier alpha value is -2.30. The number of phenolic OH excluding ortho intramolecular Hbond substituents is 1. The summed E-state index contributed by atoms with van der Waals surface area (Å²) in [6, 6.07) is 3.28. The first kappa shape index (κ1) is 16.1. The summed E-state index contributed by atoms with van der Waals surface area (Å²) in [5, 5.41) is 25.7. The monoisotopic (exact) mass is 345 g/mol. The number of phenols is 1. The lowest BCUT2D eigenvalue weighted by Gasteiger charge is -2.11. The number of carbonyl (C=O) groups excluding carboxylic acids is 1. The van der Waals surface area contributed by atoms with E-state index in [1.54, 1.807) is 13.0 Å². The zero-order valence-electron chi connectivity index (χ0n) is 11.2. The van der Waals surface area contributed by atoms with Gasteiger partial charge in [0.1, 0.15) is 4.90 Å². The van der Waals surface area contributed by atoms with E-state index in [2.05, 4.69) is 20.8 Å². The number of aryl methyl sites for hydroxylation is 1. The smallest absolute Gasteiger partial charge is 0.325 e. The molecule has 118 valence electrons. The van der Waals surface area contributed by atoms with Gasteiger partial charge in [-0.3, -0.25) is 10.4 Å². The molecule has 0 aliphatic rings. The number of urea groups is 1. The van der Waals surface area contributed by atoms with Crippen molar-refractivity contribution in [3.05, 3.63) is 28.9 Å². The zero-order chi connectivity index (χ0) is 16.5. The van der Waals surface area contributed by atoms with E-state index in [0.717, 1.165) is 5.69 Å². The number of hydrogen-bond acceptors (Lipinski definition) is 5. The van der Waals surface area contributed by atoms with Gasteiger partial charge in [-0.2, -0.15) is 5.10 Å². The molecule has 0 saturated heterocycles. The number of primary sulfonamides is 1. The van der Waals surface area contributed by atoms with Crippen LogP contribution in [0, 0.1) is 6.92 Å². The molecule has 2 aromatic rings. The standard InChI is InChI=1S/C11H12ClN5O4S/c1-5-4-8(17-16-5)15-11(19)14-7-3-2-6(12)10(9(7)18)22(13,20)21/h2-4,18H,1H3,(H2,13,20,21)(H3,14,15,16,17,19).